The lowest BCUT2D eigenvalue weighted by Gasteiger charge is -2.53. The molecule has 218 valence electrons. The van der Waals surface area contributed by atoms with Gasteiger partial charge in [0.15, 0.2) is 11.6 Å². The van der Waals surface area contributed by atoms with Crippen LogP contribution in [0.1, 0.15) is 63.9 Å². The second kappa shape index (κ2) is 11.4. The van der Waals surface area contributed by atoms with Gasteiger partial charge in [-0.3, -0.25) is 28.9 Å². The van der Waals surface area contributed by atoms with E-state index in [1.54, 1.807) is 13.0 Å². The molecule has 5 rings (SSSR count). The summed E-state index contributed by atoms with van der Waals surface area (Å²) >= 11 is 0. The minimum Gasteiger partial charge on any atom is -0.491 e. The lowest BCUT2D eigenvalue weighted by molar-refractivity contribution is -0.142. The zero-order valence-electron chi connectivity index (χ0n) is 23.5. The Morgan fingerprint density at radius 3 is 2.56 bits per heavy atom. The average Bonchev–Trinajstić information content (AvgIpc) is 3.19. The number of fused-ring (bicyclic) bond motifs is 4. The van der Waals surface area contributed by atoms with Crippen molar-refractivity contribution in [3.8, 4) is 5.75 Å². The van der Waals surface area contributed by atoms with E-state index in [4.69, 9.17) is 9.84 Å². The third-order valence-electron chi connectivity index (χ3n) is 9.58. The van der Waals surface area contributed by atoms with E-state index in [2.05, 4.69) is 0 Å². The highest BCUT2D eigenvalue weighted by molar-refractivity contribution is 6.13. The van der Waals surface area contributed by atoms with Gasteiger partial charge in [0.1, 0.15) is 12.4 Å². The van der Waals surface area contributed by atoms with Crippen LogP contribution in [0.15, 0.2) is 47.6 Å². The summed E-state index contributed by atoms with van der Waals surface area (Å²) in [6.45, 7) is 3.63. The summed E-state index contributed by atoms with van der Waals surface area (Å²) in [5.41, 5.74) is 0.928. The fourth-order valence-corrected chi connectivity index (χ4v) is 7.75. The van der Waals surface area contributed by atoms with Crippen LogP contribution >= 0.6 is 0 Å². The van der Waals surface area contributed by atoms with Gasteiger partial charge in [0, 0.05) is 30.4 Å². The molecule has 1 saturated heterocycles. The number of hydrogen-bond donors (Lipinski definition) is 2. The van der Waals surface area contributed by atoms with E-state index in [1.165, 1.54) is 11.0 Å². The summed E-state index contributed by atoms with van der Waals surface area (Å²) in [6, 6.07) is 7.33. The summed E-state index contributed by atoms with van der Waals surface area (Å²) in [6.07, 6.45) is 5.76. The summed E-state index contributed by atoms with van der Waals surface area (Å²) in [7, 11) is 0. The maximum Gasteiger partial charge on any atom is 0.303 e. The predicted octanol–water partition coefficient (Wildman–Crippen LogP) is 3.46. The highest BCUT2D eigenvalue weighted by atomic mass is 16.5. The van der Waals surface area contributed by atoms with Crippen LogP contribution in [0.2, 0.25) is 0 Å². The number of hydrogen-bond acceptors (Lipinski definition) is 7. The fraction of sp³-hybridized carbons (Fsp3) is 0.531. The van der Waals surface area contributed by atoms with Gasteiger partial charge in [-0.25, -0.2) is 0 Å². The highest BCUT2D eigenvalue weighted by Crippen LogP contribution is 2.63. The molecule has 0 radical (unpaired) electrons. The number of para-hydroxylation sites is 1. The molecule has 1 aromatic rings. The van der Waals surface area contributed by atoms with Crippen LogP contribution in [0, 0.1) is 29.1 Å². The molecule has 0 unspecified atom stereocenters. The van der Waals surface area contributed by atoms with Crippen LogP contribution in [0.3, 0.4) is 0 Å². The Labute approximate surface area is 239 Å². The molecule has 6 atom stereocenters. The van der Waals surface area contributed by atoms with Gasteiger partial charge < -0.3 is 14.9 Å². The maximum atomic E-state index is 13.9. The van der Waals surface area contributed by atoms with Crippen molar-refractivity contribution >= 4 is 29.4 Å². The number of imide groups is 1. The lowest BCUT2D eigenvalue weighted by Crippen LogP contribution is -2.54. The van der Waals surface area contributed by atoms with Crippen LogP contribution in [0.4, 0.5) is 0 Å². The normalized spacial score (nSPS) is 30.8. The van der Waals surface area contributed by atoms with E-state index in [9.17, 15) is 29.1 Å². The van der Waals surface area contributed by atoms with Crippen LogP contribution in [0.5, 0.6) is 5.75 Å². The number of carbonyl (C=O) groups is 5. The van der Waals surface area contributed by atoms with Gasteiger partial charge in [0.2, 0.25) is 11.8 Å². The number of aliphatic carboxylic acids is 1. The SMILES string of the molecule is CC1=CC(=O)[C@@H]2C[C@@H]3C(=CC[C@@H]4C(=O)N(CCCCCC(=O)O)C(=O)[C@@H]43)[C@H](c3ccccc3OCCO)[C@]2(C)C1=O. The number of benzene rings is 1. The lowest BCUT2D eigenvalue weighted by atomic mass is 9.47. The molecule has 9 heteroatoms. The molecule has 2 amide bonds. The number of nitrogens with zero attached hydrogens (tertiary/aromatic N) is 1. The van der Waals surface area contributed by atoms with E-state index in [0.717, 1.165) is 11.1 Å². The number of carboxylic acid groups (broad SMARTS) is 1. The van der Waals surface area contributed by atoms with Crippen molar-refractivity contribution < 1.29 is 38.9 Å². The average molecular weight is 564 g/mol. The van der Waals surface area contributed by atoms with E-state index in [-0.39, 0.29) is 55.5 Å². The molecular weight excluding hydrogens is 526 g/mol. The fourth-order valence-electron chi connectivity index (χ4n) is 7.75. The second-order valence-electron chi connectivity index (χ2n) is 11.9. The predicted molar refractivity (Wildman–Crippen MR) is 148 cm³/mol. The molecule has 2 N–H and O–H groups in total. The third kappa shape index (κ3) is 4.84. The Kier molecular flexibility index (Phi) is 8.01. The van der Waals surface area contributed by atoms with E-state index < -0.39 is 35.1 Å². The summed E-state index contributed by atoms with van der Waals surface area (Å²) in [4.78, 5) is 66.9. The van der Waals surface area contributed by atoms with Gasteiger partial charge in [-0.2, -0.15) is 0 Å². The topological polar surface area (TPSA) is 138 Å². The molecular formula is C32H37NO8. The number of carboxylic acids is 1. The number of allylic oxidation sites excluding steroid dienone is 4. The van der Waals surface area contributed by atoms with Crippen LogP contribution in [0.25, 0.3) is 0 Å². The molecule has 1 heterocycles. The first-order valence-electron chi connectivity index (χ1n) is 14.5. The summed E-state index contributed by atoms with van der Waals surface area (Å²) in [5, 5.41) is 18.3. The van der Waals surface area contributed by atoms with Crippen LogP contribution < -0.4 is 4.74 Å². The van der Waals surface area contributed by atoms with Crippen molar-refractivity contribution in [2.75, 3.05) is 19.8 Å². The first-order chi connectivity index (χ1) is 19.6. The minimum atomic E-state index is -1.10. The number of aliphatic hydroxyl groups is 1. The Morgan fingerprint density at radius 2 is 1.83 bits per heavy atom. The Hall–Kier alpha value is -3.59. The number of ether oxygens (including phenoxy) is 1. The number of likely N-dealkylation sites (tertiary alicyclic amines) is 1. The smallest absolute Gasteiger partial charge is 0.303 e. The van der Waals surface area contributed by atoms with Crippen molar-refractivity contribution in [1.82, 2.24) is 4.90 Å². The summed E-state index contributed by atoms with van der Waals surface area (Å²) < 4.78 is 5.90. The zero-order valence-corrected chi connectivity index (χ0v) is 23.5. The number of unbranched alkanes of at least 4 members (excludes halogenated alkanes) is 2. The Bertz CT molecular complexity index is 1340. The molecule has 2 fully saturated rings. The van der Waals surface area contributed by atoms with Crippen molar-refractivity contribution in [2.24, 2.45) is 29.1 Å². The van der Waals surface area contributed by atoms with Crippen LogP contribution in [-0.2, 0) is 24.0 Å². The largest absolute Gasteiger partial charge is 0.491 e. The van der Waals surface area contributed by atoms with E-state index >= 15 is 0 Å². The standard InChI is InChI=1S/C32H37NO8/c1-18-16-24(35)23-17-22-19(28(32(23,2)29(18)38)20-8-5-6-9-25(20)41-15-14-34)11-12-21-27(22)31(40)33(30(21)39)13-7-3-4-10-26(36)37/h5-6,8-9,11,16,21-23,27-28,34H,3-4,7,10,12-15,17H2,1-2H3,(H,36,37)/t21-,22+,23-,27-,28+,32+/m0/s1. The van der Waals surface area contributed by atoms with Crippen molar-refractivity contribution in [1.29, 1.82) is 0 Å². The second-order valence-corrected chi connectivity index (χ2v) is 11.9. The monoisotopic (exact) mass is 563 g/mol. The van der Waals surface area contributed by atoms with E-state index in [0.29, 0.717) is 43.4 Å². The molecule has 0 spiro atoms. The molecule has 0 aromatic heterocycles. The van der Waals surface area contributed by atoms with Gasteiger partial charge in [0.25, 0.3) is 0 Å². The molecule has 0 bridgehead atoms. The molecule has 1 saturated carbocycles. The zero-order chi connectivity index (χ0) is 29.5. The Balaban J connectivity index is 1.53. The number of rotatable bonds is 10. The molecule has 41 heavy (non-hydrogen) atoms. The molecule has 1 aromatic carbocycles. The first-order valence-corrected chi connectivity index (χ1v) is 14.5. The number of carbonyl (C=O) groups excluding carboxylic acids is 4. The van der Waals surface area contributed by atoms with Crippen molar-refractivity contribution in [3.05, 3.63) is 53.1 Å². The number of amides is 2. The highest BCUT2D eigenvalue weighted by Gasteiger charge is 2.63. The van der Waals surface area contributed by atoms with Gasteiger partial charge in [-0.15, -0.1) is 0 Å². The number of aliphatic hydroxyl groups excluding tert-OH is 1. The molecule has 3 aliphatic carbocycles. The molecule has 9 nitrogen and oxygen atoms in total. The van der Waals surface area contributed by atoms with E-state index in [1.807, 2.05) is 31.2 Å². The molecule has 4 aliphatic rings. The van der Waals surface area contributed by atoms with Gasteiger partial charge in [-0.1, -0.05) is 43.2 Å². The maximum absolute atomic E-state index is 13.9. The first kappa shape index (κ1) is 28.9. The van der Waals surface area contributed by atoms with Gasteiger partial charge >= 0.3 is 5.97 Å². The van der Waals surface area contributed by atoms with Crippen molar-refractivity contribution in [2.45, 2.75) is 58.3 Å². The number of Topliss-reactive ketones (excluding diaryl/α,β-unsaturated/α-hetero) is 1. The van der Waals surface area contributed by atoms with Gasteiger partial charge in [-0.05, 0) is 56.2 Å². The Morgan fingerprint density at radius 1 is 1.07 bits per heavy atom. The third-order valence-corrected chi connectivity index (χ3v) is 9.58. The van der Waals surface area contributed by atoms with Gasteiger partial charge in [0.05, 0.1) is 23.9 Å². The number of ketones is 2. The molecule has 1 aliphatic heterocycles. The minimum absolute atomic E-state index is 0.0498. The summed E-state index contributed by atoms with van der Waals surface area (Å²) in [5.74, 6) is -3.81. The van der Waals surface area contributed by atoms with Crippen molar-refractivity contribution in [3.63, 3.8) is 0 Å². The van der Waals surface area contributed by atoms with Crippen LogP contribution in [-0.4, -0.2) is 64.2 Å². The quantitative estimate of drug-likeness (QED) is 0.251.